The molecule has 2 aliphatic carbocycles. The molecule has 0 radical (unpaired) electrons. The standard InChI is InChI=1S/C16H16ClNO4/c17-14-12(21-7-13(19)20)4-3-10-15(18-22-16(10)14)11-6-8-1-2-9(11)5-8/h3-4,8-9,11H,1-2,5-7H2,(H,19,20). The van der Waals surface area contributed by atoms with E-state index < -0.39 is 12.6 Å². The van der Waals surface area contributed by atoms with Gasteiger partial charge in [0.2, 0.25) is 0 Å². The number of halogens is 1. The third kappa shape index (κ3) is 2.15. The van der Waals surface area contributed by atoms with E-state index in [0.717, 1.165) is 17.0 Å². The molecule has 5 nitrogen and oxygen atoms in total. The summed E-state index contributed by atoms with van der Waals surface area (Å²) < 4.78 is 10.6. The summed E-state index contributed by atoms with van der Waals surface area (Å²) in [7, 11) is 0. The molecule has 1 heterocycles. The van der Waals surface area contributed by atoms with Crippen LogP contribution in [0.4, 0.5) is 0 Å². The molecule has 1 aromatic carbocycles. The zero-order valence-electron chi connectivity index (χ0n) is 11.9. The number of rotatable bonds is 4. The SMILES string of the molecule is O=C(O)COc1ccc2c(C3CC4CCC3C4)noc2c1Cl. The zero-order chi connectivity index (χ0) is 15.3. The van der Waals surface area contributed by atoms with Gasteiger partial charge in [0.15, 0.2) is 12.2 Å². The van der Waals surface area contributed by atoms with Crippen LogP contribution in [-0.4, -0.2) is 22.8 Å². The lowest BCUT2D eigenvalue weighted by atomic mass is 9.85. The molecule has 1 aromatic heterocycles. The van der Waals surface area contributed by atoms with Crippen LogP contribution >= 0.6 is 11.6 Å². The topological polar surface area (TPSA) is 72.6 Å². The summed E-state index contributed by atoms with van der Waals surface area (Å²) in [5, 5.41) is 14.2. The van der Waals surface area contributed by atoms with E-state index in [1.807, 2.05) is 6.07 Å². The number of carboxylic acid groups (broad SMARTS) is 1. The Hall–Kier alpha value is -1.75. The van der Waals surface area contributed by atoms with Crippen molar-refractivity contribution >= 4 is 28.5 Å². The molecule has 1 N–H and O–H groups in total. The Kier molecular flexibility index (Phi) is 3.26. The Balaban J connectivity index is 1.68. The van der Waals surface area contributed by atoms with Gasteiger partial charge in [0.25, 0.3) is 0 Å². The van der Waals surface area contributed by atoms with Gasteiger partial charge in [0.05, 0.1) is 5.69 Å². The summed E-state index contributed by atoms with van der Waals surface area (Å²) in [6.45, 7) is -0.432. The van der Waals surface area contributed by atoms with E-state index in [4.69, 9.17) is 26.0 Å². The van der Waals surface area contributed by atoms with Crippen LogP contribution in [0.15, 0.2) is 16.7 Å². The number of aromatic nitrogens is 1. The largest absolute Gasteiger partial charge is 0.480 e. The van der Waals surface area contributed by atoms with Gasteiger partial charge in [-0.25, -0.2) is 4.79 Å². The average molecular weight is 322 g/mol. The third-order valence-electron chi connectivity index (χ3n) is 5.01. The van der Waals surface area contributed by atoms with Crippen molar-refractivity contribution in [2.45, 2.75) is 31.6 Å². The van der Waals surface area contributed by atoms with Crippen molar-refractivity contribution in [2.24, 2.45) is 11.8 Å². The van der Waals surface area contributed by atoms with Gasteiger partial charge in [0.1, 0.15) is 10.8 Å². The smallest absolute Gasteiger partial charge is 0.341 e. The number of benzene rings is 1. The van der Waals surface area contributed by atoms with Gasteiger partial charge in [-0.1, -0.05) is 23.2 Å². The number of hydrogen-bond donors (Lipinski definition) is 1. The van der Waals surface area contributed by atoms with Crippen molar-refractivity contribution in [1.29, 1.82) is 0 Å². The third-order valence-corrected chi connectivity index (χ3v) is 5.37. The normalized spacial score (nSPS) is 26.7. The number of aliphatic carboxylic acids is 1. The number of carboxylic acids is 1. The van der Waals surface area contributed by atoms with Gasteiger partial charge in [-0.05, 0) is 43.2 Å². The second-order valence-electron chi connectivity index (χ2n) is 6.29. The molecule has 0 spiro atoms. The molecule has 0 aliphatic heterocycles. The number of carbonyl (C=O) groups is 1. The van der Waals surface area contributed by atoms with Crippen LogP contribution in [0.3, 0.4) is 0 Å². The van der Waals surface area contributed by atoms with E-state index in [1.54, 1.807) is 6.07 Å². The molecule has 3 atom stereocenters. The Morgan fingerprint density at radius 3 is 2.95 bits per heavy atom. The van der Waals surface area contributed by atoms with E-state index >= 15 is 0 Å². The summed E-state index contributed by atoms with van der Waals surface area (Å²) in [5.74, 6) is 1.26. The predicted molar refractivity (Wildman–Crippen MR) is 80.3 cm³/mol. The Morgan fingerprint density at radius 1 is 1.41 bits per heavy atom. The van der Waals surface area contributed by atoms with Crippen molar-refractivity contribution in [3.05, 3.63) is 22.8 Å². The van der Waals surface area contributed by atoms with Gasteiger partial charge in [-0.15, -0.1) is 0 Å². The summed E-state index contributed by atoms with van der Waals surface area (Å²) >= 11 is 6.27. The summed E-state index contributed by atoms with van der Waals surface area (Å²) in [4.78, 5) is 10.6. The lowest BCUT2D eigenvalue weighted by molar-refractivity contribution is -0.139. The highest BCUT2D eigenvalue weighted by molar-refractivity contribution is 6.36. The number of ether oxygens (including phenoxy) is 1. The van der Waals surface area contributed by atoms with Gasteiger partial charge < -0.3 is 14.4 Å². The van der Waals surface area contributed by atoms with E-state index in [9.17, 15) is 4.79 Å². The lowest BCUT2D eigenvalue weighted by Crippen LogP contribution is -2.10. The first-order valence-corrected chi connectivity index (χ1v) is 7.93. The van der Waals surface area contributed by atoms with Crippen molar-refractivity contribution in [3.8, 4) is 5.75 Å². The maximum Gasteiger partial charge on any atom is 0.341 e. The molecule has 6 heteroatoms. The van der Waals surface area contributed by atoms with Crippen LogP contribution < -0.4 is 4.74 Å². The van der Waals surface area contributed by atoms with Crippen LogP contribution in [-0.2, 0) is 4.79 Å². The molecule has 22 heavy (non-hydrogen) atoms. The van der Waals surface area contributed by atoms with Crippen LogP contribution in [0, 0.1) is 11.8 Å². The molecule has 0 amide bonds. The molecule has 2 fully saturated rings. The molecule has 0 saturated heterocycles. The van der Waals surface area contributed by atoms with Crippen LogP contribution in [0.5, 0.6) is 5.75 Å². The minimum Gasteiger partial charge on any atom is -0.480 e. The fourth-order valence-corrected chi connectivity index (χ4v) is 4.32. The fourth-order valence-electron chi connectivity index (χ4n) is 4.07. The van der Waals surface area contributed by atoms with Crippen molar-refractivity contribution in [3.63, 3.8) is 0 Å². The molecule has 116 valence electrons. The average Bonchev–Trinajstić information content (AvgIpc) is 3.20. The van der Waals surface area contributed by atoms with Crippen molar-refractivity contribution in [2.75, 3.05) is 6.61 Å². The number of fused-ring (bicyclic) bond motifs is 3. The minimum atomic E-state index is -1.04. The van der Waals surface area contributed by atoms with Gasteiger partial charge in [0, 0.05) is 11.3 Å². The van der Waals surface area contributed by atoms with E-state index in [0.29, 0.717) is 28.2 Å². The molecule has 2 saturated carbocycles. The molecule has 4 rings (SSSR count). The summed E-state index contributed by atoms with van der Waals surface area (Å²) in [6.07, 6.45) is 5.09. The Labute approximate surface area is 132 Å². The van der Waals surface area contributed by atoms with Gasteiger partial charge in [-0.2, -0.15) is 0 Å². The van der Waals surface area contributed by atoms with E-state index in [-0.39, 0.29) is 0 Å². The summed E-state index contributed by atoms with van der Waals surface area (Å²) in [5.41, 5.74) is 1.48. The minimum absolute atomic E-state index is 0.292. The lowest BCUT2D eigenvalue weighted by Gasteiger charge is -2.19. The predicted octanol–water partition coefficient (Wildman–Crippen LogP) is 3.85. The fraction of sp³-hybridized carbons (Fsp3) is 0.500. The monoisotopic (exact) mass is 321 g/mol. The molecular formula is C16H16ClNO4. The maximum atomic E-state index is 10.6. The van der Waals surface area contributed by atoms with Crippen molar-refractivity contribution < 1.29 is 19.2 Å². The van der Waals surface area contributed by atoms with Gasteiger partial charge in [-0.3, -0.25) is 0 Å². The summed E-state index contributed by atoms with van der Waals surface area (Å²) in [6, 6.07) is 3.57. The number of hydrogen-bond acceptors (Lipinski definition) is 4. The maximum absolute atomic E-state index is 10.6. The Morgan fingerprint density at radius 2 is 2.27 bits per heavy atom. The highest BCUT2D eigenvalue weighted by Gasteiger charge is 2.42. The first kappa shape index (κ1) is 13.9. The first-order valence-electron chi connectivity index (χ1n) is 7.56. The Bertz CT molecular complexity index is 741. The highest BCUT2D eigenvalue weighted by Crippen LogP contribution is 2.54. The van der Waals surface area contributed by atoms with Crippen molar-refractivity contribution in [1.82, 2.24) is 5.16 Å². The quantitative estimate of drug-likeness (QED) is 0.926. The van der Waals surface area contributed by atoms with Crippen LogP contribution in [0.1, 0.15) is 37.3 Å². The van der Waals surface area contributed by atoms with E-state index in [1.165, 1.54) is 25.7 Å². The second-order valence-corrected chi connectivity index (χ2v) is 6.66. The first-order chi connectivity index (χ1) is 10.6. The molecule has 2 aromatic rings. The molecule has 2 bridgehead atoms. The van der Waals surface area contributed by atoms with E-state index in [2.05, 4.69) is 5.16 Å². The highest BCUT2D eigenvalue weighted by atomic mass is 35.5. The zero-order valence-corrected chi connectivity index (χ0v) is 12.7. The molecule has 2 aliphatic rings. The number of nitrogens with zero attached hydrogens (tertiary/aromatic N) is 1. The van der Waals surface area contributed by atoms with Crippen LogP contribution in [0.2, 0.25) is 5.02 Å². The molecular weight excluding hydrogens is 306 g/mol. The van der Waals surface area contributed by atoms with Gasteiger partial charge >= 0.3 is 5.97 Å². The van der Waals surface area contributed by atoms with Crippen LogP contribution in [0.25, 0.3) is 11.0 Å². The molecule has 3 unspecified atom stereocenters. The second kappa shape index (κ2) is 5.16.